The van der Waals surface area contributed by atoms with Crippen molar-refractivity contribution < 1.29 is 8.42 Å². The Bertz CT molecular complexity index is 616. The fourth-order valence-corrected chi connectivity index (χ4v) is 3.91. The van der Waals surface area contributed by atoms with Crippen molar-refractivity contribution in [3.8, 4) is 6.07 Å². The molecule has 1 fully saturated rings. The summed E-state index contributed by atoms with van der Waals surface area (Å²) in [6.45, 7) is 3.40. The van der Waals surface area contributed by atoms with E-state index in [1.165, 1.54) is 0 Å². The molecular formula is C14H20N4O2S. The summed E-state index contributed by atoms with van der Waals surface area (Å²) < 4.78 is 26.3. The van der Waals surface area contributed by atoms with E-state index in [4.69, 9.17) is 5.26 Å². The highest BCUT2D eigenvalue weighted by atomic mass is 32.2. The lowest BCUT2D eigenvalue weighted by molar-refractivity contribution is 0.460. The van der Waals surface area contributed by atoms with E-state index in [-0.39, 0.29) is 11.8 Å². The van der Waals surface area contributed by atoms with Crippen molar-refractivity contribution in [1.82, 2.24) is 9.71 Å². The standard InChI is InChI=1S/C14H20N4O2S/c1-2-9-21(19,20)17-12-4-7-18(8-5-12)14-3-6-16-13(10-14)11-15/h3,6,10,12,17H,2,4-5,7-9H2,1H3. The van der Waals surface area contributed by atoms with Crippen molar-refractivity contribution in [3.05, 3.63) is 24.0 Å². The molecule has 7 heteroatoms. The quantitative estimate of drug-likeness (QED) is 0.884. The third kappa shape index (κ3) is 4.41. The Morgan fingerprint density at radius 3 is 2.81 bits per heavy atom. The van der Waals surface area contributed by atoms with Crippen LogP contribution in [0.1, 0.15) is 31.9 Å². The first-order valence-corrected chi connectivity index (χ1v) is 8.80. The number of pyridine rings is 1. The van der Waals surface area contributed by atoms with Crippen molar-refractivity contribution in [2.24, 2.45) is 0 Å². The fraction of sp³-hybridized carbons (Fsp3) is 0.571. The number of nitrogens with zero attached hydrogens (tertiary/aromatic N) is 3. The van der Waals surface area contributed by atoms with E-state index in [0.717, 1.165) is 31.6 Å². The van der Waals surface area contributed by atoms with Gasteiger partial charge >= 0.3 is 0 Å². The van der Waals surface area contributed by atoms with Crippen LogP contribution in [0.15, 0.2) is 18.3 Å². The minimum atomic E-state index is -3.15. The van der Waals surface area contributed by atoms with Crippen molar-refractivity contribution >= 4 is 15.7 Å². The summed E-state index contributed by atoms with van der Waals surface area (Å²) in [5, 5.41) is 8.87. The van der Waals surface area contributed by atoms with Crippen LogP contribution in [0.3, 0.4) is 0 Å². The Morgan fingerprint density at radius 1 is 1.48 bits per heavy atom. The normalized spacial score (nSPS) is 16.7. The number of hydrogen-bond acceptors (Lipinski definition) is 5. The summed E-state index contributed by atoms with van der Waals surface area (Å²) in [7, 11) is -3.15. The SMILES string of the molecule is CCCS(=O)(=O)NC1CCN(c2ccnc(C#N)c2)CC1. The summed E-state index contributed by atoms with van der Waals surface area (Å²) in [5.41, 5.74) is 1.37. The Morgan fingerprint density at radius 2 is 2.19 bits per heavy atom. The van der Waals surface area contributed by atoms with Crippen LogP contribution in [0.25, 0.3) is 0 Å². The Balaban J connectivity index is 1.93. The number of sulfonamides is 1. The van der Waals surface area contributed by atoms with Gasteiger partial charge in [-0.25, -0.2) is 18.1 Å². The largest absolute Gasteiger partial charge is 0.371 e. The molecule has 0 aromatic carbocycles. The zero-order valence-corrected chi connectivity index (χ0v) is 12.9. The summed E-state index contributed by atoms with van der Waals surface area (Å²) in [6.07, 6.45) is 3.80. The highest BCUT2D eigenvalue weighted by Gasteiger charge is 2.23. The molecule has 0 aliphatic carbocycles. The van der Waals surface area contributed by atoms with Crippen LogP contribution in [-0.4, -0.2) is 38.3 Å². The molecule has 1 aliphatic heterocycles. The maximum absolute atomic E-state index is 11.8. The van der Waals surface area contributed by atoms with Crippen LogP contribution in [0.4, 0.5) is 5.69 Å². The number of anilines is 1. The van der Waals surface area contributed by atoms with Crippen LogP contribution in [0.5, 0.6) is 0 Å². The molecule has 21 heavy (non-hydrogen) atoms. The average Bonchev–Trinajstić information content (AvgIpc) is 2.47. The molecule has 0 saturated carbocycles. The second-order valence-corrected chi connectivity index (χ2v) is 7.08. The second-order valence-electron chi connectivity index (χ2n) is 5.21. The number of piperidine rings is 1. The van der Waals surface area contributed by atoms with Crippen molar-refractivity contribution in [1.29, 1.82) is 5.26 Å². The third-order valence-electron chi connectivity index (χ3n) is 3.54. The summed E-state index contributed by atoms with van der Waals surface area (Å²) >= 11 is 0. The molecule has 1 aromatic heterocycles. The zero-order valence-electron chi connectivity index (χ0n) is 12.1. The minimum Gasteiger partial charge on any atom is -0.371 e. The van der Waals surface area contributed by atoms with Crippen LogP contribution < -0.4 is 9.62 Å². The Labute approximate surface area is 125 Å². The highest BCUT2D eigenvalue weighted by Crippen LogP contribution is 2.20. The first-order valence-electron chi connectivity index (χ1n) is 7.15. The monoisotopic (exact) mass is 308 g/mol. The number of rotatable bonds is 5. The smallest absolute Gasteiger partial charge is 0.211 e. The van der Waals surface area contributed by atoms with E-state index < -0.39 is 10.0 Å². The van der Waals surface area contributed by atoms with E-state index in [0.29, 0.717) is 12.1 Å². The number of hydrogen-bond donors (Lipinski definition) is 1. The maximum Gasteiger partial charge on any atom is 0.211 e. The van der Waals surface area contributed by atoms with E-state index in [1.807, 2.05) is 19.1 Å². The lowest BCUT2D eigenvalue weighted by atomic mass is 10.1. The van der Waals surface area contributed by atoms with Gasteiger partial charge in [-0.1, -0.05) is 6.92 Å². The van der Waals surface area contributed by atoms with E-state index in [9.17, 15) is 8.42 Å². The molecule has 0 amide bonds. The molecule has 2 heterocycles. The van der Waals surface area contributed by atoms with Crippen LogP contribution in [0.2, 0.25) is 0 Å². The molecular weight excluding hydrogens is 288 g/mol. The molecule has 114 valence electrons. The van der Waals surface area contributed by atoms with Gasteiger partial charge in [0.2, 0.25) is 10.0 Å². The number of nitrogens with one attached hydrogen (secondary N) is 1. The molecule has 2 rings (SSSR count). The highest BCUT2D eigenvalue weighted by molar-refractivity contribution is 7.89. The van der Waals surface area contributed by atoms with Crippen molar-refractivity contribution in [2.45, 2.75) is 32.2 Å². The summed E-state index contributed by atoms with van der Waals surface area (Å²) in [4.78, 5) is 6.12. The van der Waals surface area contributed by atoms with Crippen molar-refractivity contribution in [2.75, 3.05) is 23.7 Å². The van der Waals surface area contributed by atoms with E-state index >= 15 is 0 Å². The Hall–Kier alpha value is -1.65. The minimum absolute atomic E-state index is 0.00933. The first-order chi connectivity index (χ1) is 10.0. The first kappa shape index (κ1) is 15.7. The second kappa shape index (κ2) is 6.87. The van der Waals surface area contributed by atoms with Gasteiger partial charge in [0.05, 0.1) is 5.75 Å². The molecule has 0 atom stereocenters. The van der Waals surface area contributed by atoms with E-state index in [2.05, 4.69) is 14.6 Å². The van der Waals surface area contributed by atoms with Gasteiger partial charge in [-0.15, -0.1) is 0 Å². The summed E-state index contributed by atoms with van der Waals surface area (Å²) in [5.74, 6) is 0.184. The topological polar surface area (TPSA) is 86.1 Å². The molecule has 0 unspecified atom stereocenters. The average molecular weight is 308 g/mol. The maximum atomic E-state index is 11.8. The van der Waals surface area contributed by atoms with Gasteiger partial charge in [0.1, 0.15) is 11.8 Å². The molecule has 0 radical (unpaired) electrons. The number of aromatic nitrogens is 1. The molecule has 1 saturated heterocycles. The van der Waals surface area contributed by atoms with Gasteiger partial charge in [0, 0.05) is 31.0 Å². The summed E-state index contributed by atoms with van der Waals surface area (Å²) in [6, 6.07) is 5.68. The van der Waals surface area contributed by atoms with Crippen LogP contribution in [0, 0.1) is 11.3 Å². The van der Waals surface area contributed by atoms with Gasteiger partial charge in [-0.05, 0) is 31.4 Å². The third-order valence-corrected chi connectivity index (χ3v) is 5.18. The zero-order chi connectivity index (χ0) is 15.3. The molecule has 6 nitrogen and oxygen atoms in total. The fourth-order valence-electron chi connectivity index (χ4n) is 2.51. The molecule has 0 spiro atoms. The molecule has 1 aliphatic rings. The number of nitriles is 1. The lowest BCUT2D eigenvalue weighted by Gasteiger charge is -2.33. The van der Waals surface area contributed by atoms with E-state index in [1.54, 1.807) is 12.3 Å². The van der Waals surface area contributed by atoms with Crippen molar-refractivity contribution in [3.63, 3.8) is 0 Å². The van der Waals surface area contributed by atoms with Gasteiger partial charge in [-0.2, -0.15) is 5.26 Å². The lowest BCUT2D eigenvalue weighted by Crippen LogP contribution is -2.45. The molecule has 1 N–H and O–H groups in total. The van der Waals surface area contributed by atoms with Gasteiger partial charge in [-0.3, -0.25) is 0 Å². The van der Waals surface area contributed by atoms with Gasteiger partial charge in [0.15, 0.2) is 0 Å². The molecule has 0 bridgehead atoms. The van der Waals surface area contributed by atoms with Gasteiger partial charge in [0.25, 0.3) is 0 Å². The molecule has 1 aromatic rings. The van der Waals surface area contributed by atoms with Crippen LogP contribution in [-0.2, 0) is 10.0 Å². The predicted molar refractivity (Wildman–Crippen MR) is 81.4 cm³/mol. The Kier molecular flexibility index (Phi) is 5.15. The van der Waals surface area contributed by atoms with Crippen LogP contribution >= 0.6 is 0 Å². The predicted octanol–water partition coefficient (Wildman–Crippen LogP) is 1.25. The van der Waals surface area contributed by atoms with Gasteiger partial charge < -0.3 is 4.90 Å².